The zero-order valence-electron chi connectivity index (χ0n) is 4.32. The monoisotopic (exact) mass is 163 g/mol. The first-order chi connectivity index (χ1) is 4.24. The molecule has 0 aromatic carbocycles. The minimum Gasteiger partial charge on any atom is -0.342 e. The van der Waals surface area contributed by atoms with Crippen molar-refractivity contribution in [3.05, 3.63) is 21.9 Å². The fourth-order valence-corrected chi connectivity index (χ4v) is 0.967. The van der Waals surface area contributed by atoms with Crippen LogP contribution in [-0.4, -0.2) is 11.3 Å². The number of nitrogens with one attached hydrogen (secondary N) is 1. The smallest absolute Gasteiger partial charge is 0.167 e. The largest absolute Gasteiger partial charge is 0.342 e. The molecule has 0 radical (unpaired) electrons. The highest BCUT2D eigenvalue weighted by Gasteiger charge is 2.00. The normalized spacial score (nSPS) is 9.56. The maximum atomic E-state index is 10.1. The minimum absolute atomic E-state index is 0.321. The topological polar surface area (TPSA) is 32.9 Å². The minimum atomic E-state index is 0.321. The summed E-state index contributed by atoms with van der Waals surface area (Å²) in [5.74, 6) is 0. The van der Waals surface area contributed by atoms with E-state index < -0.39 is 0 Å². The number of carbonyl (C=O) groups is 1. The number of aromatic amines is 1. The second-order valence-electron chi connectivity index (χ2n) is 1.50. The summed E-state index contributed by atoms with van der Waals surface area (Å²) in [6.07, 6.45) is 0.619. The van der Waals surface area contributed by atoms with Crippen molar-refractivity contribution in [2.24, 2.45) is 0 Å². The van der Waals surface area contributed by atoms with Crippen LogP contribution in [0.2, 0.25) is 10.2 Å². The van der Waals surface area contributed by atoms with Crippen molar-refractivity contribution in [2.75, 3.05) is 0 Å². The van der Waals surface area contributed by atoms with Crippen molar-refractivity contribution in [1.29, 1.82) is 0 Å². The summed E-state index contributed by atoms with van der Waals surface area (Å²) >= 11 is 10.9. The first-order valence-corrected chi connectivity index (χ1v) is 2.99. The number of aromatic nitrogens is 1. The van der Waals surface area contributed by atoms with Gasteiger partial charge in [0.15, 0.2) is 6.29 Å². The van der Waals surface area contributed by atoms with E-state index in [2.05, 4.69) is 4.98 Å². The molecule has 0 spiro atoms. The molecule has 0 atom stereocenters. The summed E-state index contributed by atoms with van der Waals surface area (Å²) in [4.78, 5) is 12.6. The number of hydrogen-bond acceptors (Lipinski definition) is 1. The quantitative estimate of drug-likeness (QED) is 0.633. The first-order valence-electron chi connectivity index (χ1n) is 2.23. The average Bonchev–Trinajstić information content (AvgIpc) is 2.10. The molecule has 9 heavy (non-hydrogen) atoms. The number of hydrogen-bond donors (Lipinski definition) is 1. The molecule has 4 heteroatoms. The van der Waals surface area contributed by atoms with E-state index in [1.807, 2.05) is 0 Å². The van der Waals surface area contributed by atoms with Crippen LogP contribution >= 0.6 is 23.2 Å². The maximum Gasteiger partial charge on any atom is 0.167 e. The molecule has 0 bridgehead atoms. The van der Waals surface area contributed by atoms with E-state index in [4.69, 9.17) is 23.2 Å². The lowest BCUT2D eigenvalue weighted by molar-refractivity contribution is 0.112. The SMILES string of the molecule is O=Cc1[nH]c(Cl)cc1Cl. The van der Waals surface area contributed by atoms with Crippen LogP contribution in [0.15, 0.2) is 6.07 Å². The molecule has 0 saturated heterocycles. The molecule has 1 rings (SSSR count). The van der Waals surface area contributed by atoms with Crippen LogP contribution in [0.5, 0.6) is 0 Å². The van der Waals surface area contributed by atoms with Gasteiger partial charge in [0.2, 0.25) is 0 Å². The molecule has 1 aromatic heterocycles. The van der Waals surface area contributed by atoms with E-state index in [-0.39, 0.29) is 0 Å². The molecule has 0 aliphatic heterocycles. The van der Waals surface area contributed by atoms with Gasteiger partial charge in [-0.25, -0.2) is 0 Å². The van der Waals surface area contributed by atoms with Crippen molar-refractivity contribution >= 4 is 29.5 Å². The van der Waals surface area contributed by atoms with E-state index >= 15 is 0 Å². The summed E-state index contributed by atoms with van der Waals surface area (Å²) in [5, 5.41) is 0.733. The van der Waals surface area contributed by atoms with Gasteiger partial charge >= 0.3 is 0 Å². The van der Waals surface area contributed by atoms with Crippen LogP contribution < -0.4 is 0 Å². The summed E-state index contributed by atoms with van der Waals surface area (Å²) in [6, 6.07) is 1.48. The molecule has 0 aliphatic rings. The Kier molecular flexibility index (Phi) is 1.78. The van der Waals surface area contributed by atoms with Gasteiger partial charge in [-0.15, -0.1) is 0 Å². The number of halogens is 2. The lowest BCUT2D eigenvalue weighted by atomic mass is 10.5. The first kappa shape index (κ1) is 6.65. The molecule has 0 saturated carbocycles. The Morgan fingerprint density at radius 1 is 1.56 bits per heavy atom. The average molecular weight is 164 g/mol. The zero-order chi connectivity index (χ0) is 6.85. The van der Waals surface area contributed by atoms with E-state index in [0.29, 0.717) is 22.2 Å². The van der Waals surface area contributed by atoms with Gasteiger partial charge in [-0.3, -0.25) is 4.79 Å². The zero-order valence-corrected chi connectivity index (χ0v) is 5.83. The van der Waals surface area contributed by atoms with Gasteiger partial charge in [0, 0.05) is 0 Å². The van der Waals surface area contributed by atoms with Gasteiger partial charge in [0.05, 0.1) is 10.7 Å². The second-order valence-corrected chi connectivity index (χ2v) is 2.31. The summed E-state index contributed by atoms with van der Waals surface area (Å²) < 4.78 is 0. The Morgan fingerprint density at radius 3 is 2.44 bits per heavy atom. The highest BCUT2D eigenvalue weighted by atomic mass is 35.5. The molecular formula is C5H3Cl2NO. The van der Waals surface area contributed by atoms with Crippen LogP contribution in [0.25, 0.3) is 0 Å². The lowest BCUT2D eigenvalue weighted by Crippen LogP contribution is -1.76. The number of aldehydes is 1. The van der Waals surface area contributed by atoms with Crippen molar-refractivity contribution in [3.8, 4) is 0 Å². The van der Waals surface area contributed by atoms with Crippen LogP contribution in [0.4, 0.5) is 0 Å². The van der Waals surface area contributed by atoms with Crippen molar-refractivity contribution in [2.45, 2.75) is 0 Å². The van der Waals surface area contributed by atoms with Crippen LogP contribution in [0.1, 0.15) is 10.5 Å². The summed E-state index contributed by atoms with van der Waals surface area (Å²) in [7, 11) is 0. The van der Waals surface area contributed by atoms with Crippen LogP contribution in [0, 0.1) is 0 Å². The predicted molar refractivity (Wildman–Crippen MR) is 36.2 cm³/mol. The van der Waals surface area contributed by atoms with Crippen LogP contribution in [-0.2, 0) is 0 Å². The third kappa shape index (κ3) is 1.26. The highest BCUT2D eigenvalue weighted by molar-refractivity contribution is 6.36. The van der Waals surface area contributed by atoms with Gasteiger partial charge in [0.1, 0.15) is 5.15 Å². The van der Waals surface area contributed by atoms with Gasteiger partial charge in [-0.1, -0.05) is 23.2 Å². The molecule has 1 aromatic rings. The molecule has 2 nitrogen and oxygen atoms in total. The Labute approximate surface area is 61.8 Å². The number of rotatable bonds is 1. The van der Waals surface area contributed by atoms with Gasteiger partial charge in [-0.05, 0) is 6.07 Å². The Morgan fingerprint density at radius 2 is 2.22 bits per heavy atom. The molecule has 0 fully saturated rings. The Bertz CT molecular complexity index is 231. The van der Waals surface area contributed by atoms with Gasteiger partial charge in [-0.2, -0.15) is 0 Å². The lowest BCUT2D eigenvalue weighted by Gasteiger charge is -1.78. The highest BCUT2D eigenvalue weighted by Crippen LogP contribution is 2.18. The second kappa shape index (κ2) is 2.42. The molecule has 0 amide bonds. The maximum absolute atomic E-state index is 10.1. The number of carbonyl (C=O) groups excluding carboxylic acids is 1. The van der Waals surface area contributed by atoms with E-state index in [1.54, 1.807) is 0 Å². The third-order valence-electron chi connectivity index (χ3n) is 0.883. The molecule has 0 unspecified atom stereocenters. The van der Waals surface area contributed by atoms with Gasteiger partial charge < -0.3 is 4.98 Å². The fraction of sp³-hybridized carbons (Fsp3) is 0. The molecule has 48 valence electrons. The van der Waals surface area contributed by atoms with Crippen LogP contribution in [0.3, 0.4) is 0 Å². The molecular weight excluding hydrogens is 161 g/mol. The standard InChI is InChI=1S/C5H3Cl2NO/c6-3-1-5(7)8-4(3)2-9/h1-2,8H. The van der Waals surface area contributed by atoms with Gasteiger partial charge in [0.25, 0.3) is 0 Å². The van der Waals surface area contributed by atoms with E-state index in [1.165, 1.54) is 6.07 Å². The molecule has 0 aliphatic carbocycles. The summed E-state index contributed by atoms with van der Waals surface area (Å²) in [5.41, 5.74) is 0.321. The van der Waals surface area contributed by atoms with E-state index in [0.717, 1.165) is 0 Å². The molecule has 1 N–H and O–H groups in total. The summed E-state index contributed by atoms with van der Waals surface area (Å²) in [6.45, 7) is 0. The fourth-order valence-electron chi connectivity index (χ4n) is 0.499. The van der Waals surface area contributed by atoms with Crippen molar-refractivity contribution in [1.82, 2.24) is 4.98 Å². The van der Waals surface area contributed by atoms with Crippen molar-refractivity contribution in [3.63, 3.8) is 0 Å². The van der Waals surface area contributed by atoms with E-state index in [9.17, 15) is 4.79 Å². The predicted octanol–water partition coefficient (Wildman–Crippen LogP) is 2.13. The number of H-pyrrole nitrogens is 1. The third-order valence-corrected chi connectivity index (χ3v) is 1.40. The molecule has 1 heterocycles. The Balaban J connectivity index is 3.15. The Hall–Kier alpha value is -0.470. The van der Waals surface area contributed by atoms with Crippen molar-refractivity contribution < 1.29 is 4.79 Å².